The van der Waals surface area contributed by atoms with Crippen LogP contribution in [-0.4, -0.2) is 28.1 Å². The SMILES string of the molecule is CNC(Cc1cccc(F)c1)Cc1cn(C)nn1. The van der Waals surface area contributed by atoms with Crippen molar-refractivity contribution < 1.29 is 4.39 Å². The minimum Gasteiger partial charge on any atom is -0.316 e. The zero-order valence-corrected chi connectivity index (χ0v) is 10.6. The molecule has 0 saturated heterocycles. The molecule has 0 amide bonds. The van der Waals surface area contributed by atoms with Crippen molar-refractivity contribution >= 4 is 0 Å². The third-order valence-electron chi connectivity index (χ3n) is 2.89. The van der Waals surface area contributed by atoms with Gasteiger partial charge in [-0.3, -0.25) is 4.68 Å². The van der Waals surface area contributed by atoms with Gasteiger partial charge in [0.1, 0.15) is 5.82 Å². The van der Waals surface area contributed by atoms with Crippen molar-refractivity contribution in [3.05, 3.63) is 47.5 Å². The molecule has 1 N–H and O–H groups in total. The van der Waals surface area contributed by atoms with Crippen LogP contribution in [0, 0.1) is 5.82 Å². The Kier molecular flexibility index (Phi) is 4.04. The van der Waals surface area contributed by atoms with Crippen LogP contribution in [0.1, 0.15) is 11.3 Å². The molecule has 4 nitrogen and oxygen atoms in total. The second-order valence-electron chi connectivity index (χ2n) is 4.41. The Morgan fingerprint density at radius 3 is 2.83 bits per heavy atom. The molecule has 1 aromatic carbocycles. The number of rotatable bonds is 5. The molecule has 1 aromatic heterocycles. The van der Waals surface area contributed by atoms with E-state index in [1.54, 1.807) is 16.8 Å². The molecule has 0 fully saturated rings. The van der Waals surface area contributed by atoms with Gasteiger partial charge in [0, 0.05) is 25.7 Å². The number of hydrogen-bond acceptors (Lipinski definition) is 3. The number of hydrogen-bond donors (Lipinski definition) is 1. The van der Waals surface area contributed by atoms with Crippen LogP contribution >= 0.6 is 0 Å². The van der Waals surface area contributed by atoms with E-state index in [9.17, 15) is 4.39 Å². The molecule has 2 rings (SSSR count). The van der Waals surface area contributed by atoms with Gasteiger partial charge in [0.15, 0.2) is 0 Å². The quantitative estimate of drug-likeness (QED) is 0.868. The Hall–Kier alpha value is -1.75. The van der Waals surface area contributed by atoms with Crippen LogP contribution in [0.25, 0.3) is 0 Å². The van der Waals surface area contributed by atoms with Crippen LogP contribution in [0.2, 0.25) is 0 Å². The monoisotopic (exact) mass is 248 g/mol. The van der Waals surface area contributed by atoms with E-state index in [1.165, 1.54) is 6.07 Å². The number of benzene rings is 1. The van der Waals surface area contributed by atoms with Gasteiger partial charge in [-0.25, -0.2) is 4.39 Å². The van der Waals surface area contributed by atoms with E-state index in [0.29, 0.717) is 0 Å². The maximum Gasteiger partial charge on any atom is 0.123 e. The first-order valence-corrected chi connectivity index (χ1v) is 5.94. The first-order valence-electron chi connectivity index (χ1n) is 5.94. The first-order chi connectivity index (χ1) is 8.67. The minimum absolute atomic E-state index is 0.193. The lowest BCUT2D eigenvalue weighted by Crippen LogP contribution is -2.30. The molecule has 1 heterocycles. The third-order valence-corrected chi connectivity index (χ3v) is 2.89. The number of likely N-dealkylation sites (N-methyl/N-ethyl adjacent to an activating group) is 1. The van der Waals surface area contributed by atoms with E-state index in [2.05, 4.69) is 15.6 Å². The molecule has 1 atom stereocenters. The molecular weight excluding hydrogens is 231 g/mol. The molecule has 0 spiro atoms. The van der Waals surface area contributed by atoms with Crippen molar-refractivity contribution in [2.45, 2.75) is 18.9 Å². The van der Waals surface area contributed by atoms with Crippen LogP contribution < -0.4 is 5.32 Å². The second kappa shape index (κ2) is 5.73. The van der Waals surface area contributed by atoms with Gasteiger partial charge in [-0.1, -0.05) is 17.3 Å². The molecule has 0 aliphatic heterocycles. The van der Waals surface area contributed by atoms with Crippen molar-refractivity contribution in [3.8, 4) is 0 Å². The van der Waals surface area contributed by atoms with Gasteiger partial charge >= 0.3 is 0 Å². The van der Waals surface area contributed by atoms with Gasteiger partial charge in [-0.05, 0) is 31.2 Å². The number of nitrogens with one attached hydrogen (secondary N) is 1. The molecule has 2 aromatic rings. The van der Waals surface area contributed by atoms with Crippen molar-refractivity contribution in [1.82, 2.24) is 20.3 Å². The summed E-state index contributed by atoms with van der Waals surface area (Å²) in [5, 5.41) is 11.2. The number of nitrogens with zero attached hydrogens (tertiary/aromatic N) is 3. The predicted molar refractivity (Wildman–Crippen MR) is 67.7 cm³/mol. The molecular formula is C13H17FN4. The molecule has 5 heteroatoms. The lowest BCUT2D eigenvalue weighted by atomic mass is 10.0. The van der Waals surface area contributed by atoms with Crippen molar-refractivity contribution in [1.29, 1.82) is 0 Å². The molecule has 18 heavy (non-hydrogen) atoms. The predicted octanol–water partition coefficient (Wildman–Crippen LogP) is 1.33. The van der Waals surface area contributed by atoms with Crippen LogP contribution in [0.3, 0.4) is 0 Å². The van der Waals surface area contributed by atoms with Crippen LogP contribution in [0.15, 0.2) is 30.5 Å². The Morgan fingerprint density at radius 1 is 1.39 bits per heavy atom. The van der Waals surface area contributed by atoms with Gasteiger partial charge in [-0.2, -0.15) is 0 Å². The standard InChI is InChI=1S/C13H17FN4/c1-15-12(8-13-9-18(2)17-16-13)7-10-4-3-5-11(14)6-10/h3-6,9,12,15H,7-8H2,1-2H3. The lowest BCUT2D eigenvalue weighted by Gasteiger charge is -2.14. The van der Waals surface area contributed by atoms with E-state index >= 15 is 0 Å². The Bertz CT molecular complexity index is 509. The number of halogens is 1. The van der Waals surface area contributed by atoms with Crippen LogP contribution in [0.5, 0.6) is 0 Å². The number of aromatic nitrogens is 3. The molecule has 96 valence electrons. The fourth-order valence-electron chi connectivity index (χ4n) is 1.97. The van der Waals surface area contributed by atoms with Gasteiger partial charge in [-0.15, -0.1) is 5.10 Å². The Labute approximate surface area is 106 Å². The number of aryl methyl sites for hydroxylation is 1. The van der Waals surface area contributed by atoms with Gasteiger partial charge in [0.2, 0.25) is 0 Å². The fourth-order valence-corrected chi connectivity index (χ4v) is 1.97. The van der Waals surface area contributed by atoms with E-state index in [1.807, 2.05) is 26.4 Å². The second-order valence-corrected chi connectivity index (χ2v) is 4.41. The largest absolute Gasteiger partial charge is 0.316 e. The van der Waals surface area contributed by atoms with E-state index in [-0.39, 0.29) is 11.9 Å². The summed E-state index contributed by atoms with van der Waals surface area (Å²) in [6, 6.07) is 6.93. The maximum absolute atomic E-state index is 13.1. The Morgan fingerprint density at radius 2 is 2.22 bits per heavy atom. The average molecular weight is 248 g/mol. The maximum atomic E-state index is 13.1. The zero-order chi connectivity index (χ0) is 13.0. The fraction of sp³-hybridized carbons (Fsp3) is 0.385. The molecule has 0 bridgehead atoms. The summed E-state index contributed by atoms with van der Waals surface area (Å²) in [5.41, 5.74) is 1.92. The summed E-state index contributed by atoms with van der Waals surface area (Å²) in [7, 11) is 3.75. The van der Waals surface area contributed by atoms with E-state index in [0.717, 1.165) is 24.1 Å². The van der Waals surface area contributed by atoms with Gasteiger partial charge in [0.25, 0.3) is 0 Å². The summed E-state index contributed by atoms with van der Waals surface area (Å²) in [4.78, 5) is 0. The minimum atomic E-state index is -0.193. The highest BCUT2D eigenvalue weighted by molar-refractivity contribution is 5.18. The smallest absolute Gasteiger partial charge is 0.123 e. The van der Waals surface area contributed by atoms with Gasteiger partial charge < -0.3 is 5.32 Å². The molecule has 0 aliphatic carbocycles. The van der Waals surface area contributed by atoms with Crippen LogP contribution in [-0.2, 0) is 19.9 Å². The normalized spacial score (nSPS) is 12.6. The third kappa shape index (κ3) is 3.37. The molecule has 0 radical (unpaired) electrons. The molecule has 1 unspecified atom stereocenters. The highest BCUT2D eigenvalue weighted by atomic mass is 19.1. The molecule has 0 saturated carbocycles. The molecule has 0 aliphatic rings. The summed E-state index contributed by atoms with van der Waals surface area (Å²) in [6.45, 7) is 0. The Balaban J connectivity index is 2.01. The summed E-state index contributed by atoms with van der Waals surface area (Å²) in [5.74, 6) is -0.193. The summed E-state index contributed by atoms with van der Waals surface area (Å²) in [6.07, 6.45) is 3.45. The summed E-state index contributed by atoms with van der Waals surface area (Å²) < 4.78 is 14.8. The highest BCUT2D eigenvalue weighted by Crippen LogP contribution is 2.09. The zero-order valence-electron chi connectivity index (χ0n) is 10.6. The first kappa shape index (κ1) is 12.7. The van der Waals surface area contributed by atoms with Crippen molar-refractivity contribution in [3.63, 3.8) is 0 Å². The average Bonchev–Trinajstić information content (AvgIpc) is 2.74. The highest BCUT2D eigenvalue weighted by Gasteiger charge is 2.11. The van der Waals surface area contributed by atoms with E-state index in [4.69, 9.17) is 0 Å². The summed E-state index contributed by atoms with van der Waals surface area (Å²) >= 11 is 0. The van der Waals surface area contributed by atoms with E-state index < -0.39 is 0 Å². The topological polar surface area (TPSA) is 42.7 Å². The van der Waals surface area contributed by atoms with Crippen molar-refractivity contribution in [2.24, 2.45) is 7.05 Å². The van der Waals surface area contributed by atoms with Crippen LogP contribution in [0.4, 0.5) is 4.39 Å². The lowest BCUT2D eigenvalue weighted by molar-refractivity contribution is 0.546. The van der Waals surface area contributed by atoms with Gasteiger partial charge in [0.05, 0.1) is 5.69 Å². The van der Waals surface area contributed by atoms with Crippen molar-refractivity contribution in [2.75, 3.05) is 7.05 Å².